The van der Waals surface area contributed by atoms with Gasteiger partial charge in [0.2, 0.25) is 0 Å². The first-order chi connectivity index (χ1) is 10.5. The van der Waals surface area contributed by atoms with E-state index in [2.05, 4.69) is 11.2 Å². The highest BCUT2D eigenvalue weighted by molar-refractivity contribution is 5.92. The average Bonchev–Trinajstić information content (AvgIpc) is 2.84. The fraction of sp³-hybridized carbons (Fsp3) is 0.467. The van der Waals surface area contributed by atoms with Crippen molar-refractivity contribution in [1.29, 1.82) is 0 Å². The van der Waals surface area contributed by atoms with E-state index in [9.17, 15) is 4.79 Å². The van der Waals surface area contributed by atoms with E-state index >= 15 is 0 Å². The number of hydrogen-bond acceptors (Lipinski definition) is 4. The van der Waals surface area contributed by atoms with Crippen LogP contribution in [0.4, 0.5) is 10.5 Å². The SMILES string of the molecule is COc1c(N)cnc2c1c(C1CCN(C(=O)O)CC1)cn2C. The van der Waals surface area contributed by atoms with Crippen molar-refractivity contribution in [2.45, 2.75) is 18.8 Å². The standard InChI is InChI=1S/C15H20N4O3/c1-18-8-10(9-3-5-19(6-4-9)15(20)21)12-13(22-2)11(16)7-17-14(12)18/h7-9H,3-6,16H2,1-2H3,(H,20,21). The molecule has 1 aliphatic rings. The molecule has 0 atom stereocenters. The molecule has 1 amide bonds. The minimum atomic E-state index is -0.847. The van der Waals surface area contributed by atoms with Gasteiger partial charge in [0, 0.05) is 26.3 Å². The van der Waals surface area contributed by atoms with Crippen LogP contribution in [-0.4, -0.2) is 45.9 Å². The molecule has 7 nitrogen and oxygen atoms in total. The molecule has 1 aliphatic heterocycles. The Morgan fingerprint density at radius 1 is 1.45 bits per heavy atom. The Kier molecular flexibility index (Phi) is 3.56. The topological polar surface area (TPSA) is 93.6 Å². The number of piperidine rings is 1. The maximum atomic E-state index is 11.0. The van der Waals surface area contributed by atoms with E-state index < -0.39 is 6.09 Å². The maximum Gasteiger partial charge on any atom is 0.407 e. The van der Waals surface area contributed by atoms with Crippen molar-refractivity contribution in [3.05, 3.63) is 18.0 Å². The molecule has 0 aromatic carbocycles. The van der Waals surface area contributed by atoms with Crippen molar-refractivity contribution >= 4 is 22.8 Å². The summed E-state index contributed by atoms with van der Waals surface area (Å²) in [6.07, 6.45) is 4.41. The van der Waals surface area contributed by atoms with Crippen LogP contribution in [-0.2, 0) is 7.05 Å². The predicted molar refractivity (Wildman–Crippen MR) is 83.3 cm³/mol. The monoisotopic (exact) mass is 304 g/mol. The van der Waals surface area contributed by atoms with Crippen LogP contribution in [0.15, 0.2) is 12.4 Å². The van der Waals surface area contributed by atoms with E-state index in [1.54, 1.807) is 13.3 Å². The molecule has 0 unspecified atom stereocenters. The van der Waals surface area contributed by atoms with Gasteiger partial charge in [-0.2, -0.15) is 0 Å². The van der Waals surface area contributed by atoms with Crippen LogP contribution in [0.2, 0.25) is 0 Å². The lowest BCUT2D eigenvalue weighted by atomic mass is 9.89. The lowest BCUT2D eigenvalue weighted by Gasteiger charge is -2.30. The molecule has 3 rings (SSSR count). The van der Waals surface area contributed by atoms with Crippen molar-refractivity contribution in [3.63, 3.8) is 0 Å². The van der Waals surface area contributed by atoms with Crippen LogP contribution < -0.4 is 10.5 Å². The first-order valence-corrected chi connectivity index (χ1v) is 7.28. The van der Waals surface area contributed by atoms with Crippen LogP contribution in [0.1, 0.15) is 24.3 Å². The van der Waals surface area contributed by atoms with Crippen LogP contribution in [0, 0.1) is 0 Å². The van der Waals surface area contributed by atoms with Gasteiger partial charge in [0.25, 0.3) is 0 Å². The van der Waals surface area contributed by atoms with Crippen molar-refractivity contribution in [2.75, 3.05) is 25.9 Å². The molecule has 0 bridgehead atoms. The minimum Gasteiger partial charge on any atom is -0.494 e. The number of nitrogens with two attached hydrogens (primary N) is 1. The van der Waals surface area contributed by atoms with Gasteiger partial charge in [-0.1, -0.05) is 0 Å². The van der Waals surface area contributed by atoms with Gasteiger partial charge in [0.1, 0.15) is 5.65 Å². The van der Waals surface area contributed by atoms with Gasteiger partial charge in [0.15, 0.2) is 5.75 Å². The molecule has 3 heterocycles. The highest BCUT2D eigenvalue weighted by Gasteiger charge is 2.27. The second-order valence-corrected chi connectivity index (χ2v) is 5.68. The van der Waals surface area contributed by atoms with E-state index in [0.29, 0.717) is 24.5 Å². The Hall–Kier alpha value is -2.44. The molecule has 0 aliphatic carbocycles. The number of hydrogen-bond donors (Lipinski definition) is 2. The van der Waals surface area contributed by atoms with Crippen LogP contribution in [0.3, 0.4) is 0 Å². The number of aromatic nitrogens is 2. The molecule has 7 heteroatoms. The highest BCUT2D eigenvalue weighted by Crippen LogP contribution is 2.40. The zero-order valence-corrected chi connectivity index (χ0v) is 12.7. The van der Waals surface area contributed by atoms with E-state index in [-0.39, 0.29) is 5.92 Å². The molecule has 118 valence electrons. The van der Waals surface area contributed by atoms with Crippen LogP contribution >= 0.6 is 0 Å². The third-order valence-corrected chi connectivity index (χ3v) is 4.40. The third-order valence-electron chi connectivity index (χ3n) is 4.40. The second-order valence-electron chi connectivity index (χ2n) is 5.68. The summed E-state index contributed by atoms with van der Waals surface area (Å²) in [5.41, 5.74) is 8.48. The number of carbonyl (C=O) groups is 1. The van der Waals surface area contributed by atoms with E-state index in [1.807, 2.05) is 11.6 Å². The van der Waals surface area contributed by atoms with Gasteiger partial charge < -0.3 is 25.0 Å². The number of rotatable bonds is 2. The van der Waals surface area contributed by atoms with Gasteiger partial charge in [-0.15, -0.1) is 0 Å². The number of likely N-dealkylation sites (tertiary alicyclic amines) is 1. The van der Waals surface area contributed by atoms with Gasteiger partial charge >= 0.3 is 6.09 Å². The summed E-state index contributed by atoms with van der Waals surface area (Å²) in [6, 6.07) is 0. The summed E-state index contributed by atoms with van der Waals surface area (Å²) < 4.78 is 7.45. The van der Waals surface area contributed by atoms with Crippen LogP contribution in [0.5, 0.6) is 5.75 Å². The van der Waals surface area contributed by atoms with Gasteiger partial charge in [-0.05, 0) is 24.3 Å². The summed E-state index contributed by atoms with van der Waals surface area (Å²) in [4.78, 5) is 16.9. The lowest BCUT2D eigenvalue weighted by molar-refractivity contribution is 0.132. The Morgan fingerprint density at radius 2 is 2.14 bits per heavy atom. The largest absolute Gasteiger partial charge is 0.494 e. The van der Waals surface area contributed by atoms with Gasteiger partial charge in [-0.3, -0.25) is 0 Å². The third kappa shape index (κ3) is 2.22. The number of methoxy groups -OCH3 is 1. The fourth-order valence-electron chi connectivity index (χ4n) is 3.27. The first-order valence-electron chi connectivity index (χ1n) is 7.28. The van der Waals surface area contributed by atoms with E-state index in [0.717, 1.165) is 29.4 Å². The Balaban J connectivity index is 2.01. The number of fused-ring (bicyclic) bond motifs is 1. The maximum absolute atomic E-state index is 11.0. The first kappa shape index (κ1) is 14.5. The molecule has 1 fully saturated rings. The number of pyridine rings is 1. The quantitative estimate of drug-likeness (QED) is 0.885. The summed E-state index contributed by atoms with van der Waals surface area (Å²) in [5, 5.41) is 10.0. The Bertz CT molecular complexity index is 717. The zero-order chi connectivity index (χ0) is 15.9. The summed E-state index contributed by atoms with van der Waals surface area (Å²) in [7, 11) is 3.55. The van der Waals surface area contributed by atoms with Gasteiger partial charge in [-0.25, -0.2) is 9.78 Å². The summed E-state index contributed by atoms with van der Waals surface area (Å²) >= 11 is 0. The number of carboxylic acid groups (broad SMARTS) is 1. The lowest BCUT2D eigenvalue weighted by Crippen LogP contribution is -2.36. The molecule has 2 aromatic rings. The van der Waals surface area contributed by atoms with Crippen molar-refractivity contribution < 1.29 is 14.6 Å². The molecule has 2 aromatic heterocycles. The van der Waals surface area contributed by atoms with Crippen molar-refractivity contribution in [2.24, 2.45) is 7.05 Å². The van der Waals surface area contributed by atoms with E-state index in [4.69, 9.17) is 15.6 Å². The number of anilines is 1. The number of aryl methyl sites for hydroxylation is 1. The van der Waals surface area contributed by atoms with Crippen LogP contribution in [0.25, 0.3) is 11.0 Å². The fourth-order valence-corrected chi connectivity index (χ4v) is 3.27. The minimum absolute atomic E-state index is 0.289. The average molecular weight is 304 g/mol. The normalized spacial score (nSPS) is 16.2. The highest BCUT2D eigenvalue weighted by atomic mass is 16.5. The molecular formula is C15H20N4O3. The number of nitrogen functional groups attached to an aromatic ring is 1. The zero-order valence-electron chi connectivity index (χ0n) is 12.7. The summed E-state index contributed by atoms with van der Waals surface area (Å²) in [5.74, 6) is 0.943. The Labute approximate surface area is 128 Å². The number of amides is 1. The van der Waals surface area contributed by atoms with Gasteiger partial charge in [0.05, 0.1) is 24.4 Å². The molecule has 3 N–H and O–H groups in total. The van der Waals surface area contributed by atoms with Crippen molar-refractivity contribution in [3.8, 4) is 5.75 Å². The van der Waals surface area contributed by atoms with Crippen molar-refractivity contribution in [1.82, 2.24) is 14.5 Å². The summed E-state index contributed by atoms with van der Waals surface area (Å²) in [6.45, 7) is 1.10. The molecule has 0 radical (unpaired) electrons. The Morgan fingerprint density at radius 3 is 2.73 bits per heavy atom. The molecule has 22 heavy (non-hydrogen) atoms. The van der Waals surface area contributed by atoms with E-state index in [1.165, 1.54) is 4.90 Å². The smallest absolute Gasteiger partial charge is 0.407 e. The predicted octanol–water partition coefficient (Wildman–Crippen LogP) is 2.02. The molecule has 0 saturated carbocycles. The number of ether oxygens (including phenoxy) is 1. The molecule has 1 saturated heterocycles. The molecular weight excluding hydrogens is 284 g/mol. The second kappa shape index (κ2) is 5.40. The number of nitrogens with zero attached hydrogens (tertiary/aromatic N) is 3. The molecule has 0 spiro atoms.